The Morgan fingerprint density at radius 2 is 2.09 bits per heavy atom. The number of nitrogens with one attached hydrogen (secondary N) is 2. The van der Waals surface area contributed by atoms with Gasteiger partial charge in [-0.25, -0.2) is 0 Å². The van der Waals surface area contributed by atoms with Crippen molar-refractivity contribution in [2.75, 3.05) is 36.8 Å². The van der Waals surface area contributed by atoms with Crippen LogP contribution in [0.15, 0.2) is 10.9 Å². The Morgan fingerprint density at radius 1 is 1.36 bits per heavy atom. The molecule has 0 bridgehead atoms. The van der Waals surface area contributed by atoms with Gasteiger partial charge in [-0.1, -0.05) is 11.6 Å². The SMILES string of the molecule is Cc1[nH]nc(CN2CCN(c3cc(=O)[nH]c(N)n3)CC2)c1Cl. The van der Waals surface area contributed by atoms with E-state index in [1.807, 2.05) is 6.92 Å². The highest BCUT2D eigenvalue weighted by molar-refractivity contribution is 6.31. The highest BCUT2D eigenvalue weighted by Gasteiger charge is 2.20. The van der Waals surface area contributed by atoms with E-state index in [0.29, 0.717) is 17.4 Å². The quantitative estimate of drug-likeness (QED) is 0.753. The highest BCUT2D eigenvalue weighted by Crippen LogP contribution is 2.20. The summed E-state index contributed by atoms with van der Waals surface area (Å²) in [6.07, 6.45) is 0. The molecule has 1 saturated heterocycles. The number of hydrogen-bond acceptors (Lipinski definition) is 6. The van der Waals surface area contributed by atoms with E-state index in [1.165, 1.54) is 6.07 Å². The van der Waals surface area contributed by atoms with Gasteiger partial charge in [-0.3, -0.25) is 19.8 Å². The molecule has 1 aliphatic rings. The topological polar surface area (TPSA) is 107 Å². The van der Waals surface area contributed by atoms with Crippen molar-refractivity contribution in [2.45, 2.75) is 13.5 Å². The number of anilines is 2. The molecule has 0 radical (unpaired) electrons. The summed E-state index contributed by atoms with van der Waals surface area (Å²) in [7, 11) is 0. The van der Waals surface area contributed by atoms with Crippen molar-refractivity contribution in [2.24, 2.45) is 0 Å². The fourth-order valence-electron chi connectivity index (χ4n) is 2.54. The van der Waals surface area contributed by atoms with Crippen LogP contribution < -0.4 is 16.2 Å². The van der Waals surface area contributed by atoms with Crippen molar-refractivity contribution in [3.8, 4) is 0 Å². The lowest BCUT2D eigenvalue weighted by atomic mass is 10.2. The first-order chi connectivity index (χ1) is 10.5. The number of aromatic amines is 2. The van der Waals surface area contributed by atoms with Gasteiger partial charge in [-0.05, 0) is 6.92 Å². The predicted molar refractivity (Wildman–Crippen MR) is 85.1 cm³/mol. The molecule has 118 valence electrons. The van der Waals surface area contributed by atoms with Crippen LogP contribution in [0.2, 0.25) is 5.02 Å². The number of nitrogen functional groups attached to an aromatic ring is 1. The number of aryl methyl sites for hydroxylation is 1. The number of nitrogens with two attached hydrogens (primary N) is 1. The second-order valence-corrected chi connectivity index (χ2v) is 5.74. The summed E-state index contributed by atoms with van der Waals surface area (Å²) in [6.45, 7) is 5.85. The summed E-state index contributed by atoms with van der Waals surface area (Å²) < 4.78 is 0. The molecule has 0 unspecified atom stereocenters. The van der Waals surface area contributed by atoms with Gasteiger partial charge in [0.25, 0.3) is 5.56 Å². The van der Waals surface area contributed by atoms with E-state index in [1.54, 1.807) is 0 Å². The third-order valence-electron chi connectivity index (χ3n) is 3.76. The zero-order valence-electron chi connectivity index (χ0n) is 12.3. The zero-order valence-corrected chi connectivity index (χ0v) is 13.0. The average molecular weight is 324 g/mol. The maximum Gasteiger partial charge on any atom is 0.254 e. The molecular weight excluding hydrogens is 306 g/mol. The molecular formula is C13H18ClN7O. The summed E-state index contributed by atoms with van der Waals surface area (Å²) in [5.41, 5.74) is 7.11. The van der Waals surface area contributed by atoms with Gasteiger partial charge in [-0.15, -0.1) is 0 Å². The van der Waals surface area contributed by atoms with Crippen molar-refractivity contribution in [3.05, 3.63) is 32.8 Å². The first-order valence-corrected chi connectivity index (χ1v) is 7.44. The summed E-state index contributed by atoms with van der Waals surface area (Å²) in [5, 5.41) is 7.82. The first kappa shape index (κ1) is 14.9. The number of H-pyrrole nitrogens is 2. The van der Waals surface area contributed by atoms with E-state index in [4.69, 9.17) is 17.3 Å². The van der Waals surface area contributed by atoms with Crippen LogP contribution in [-0.4, -0.2) is 51.2 Å². The number of piperazine rings is 1. The molecule has 3 rings (SSSR count). The molecule has 0 aliphatic carbocycles. The lowest BCUT2D eigenvalue weighted by Gasteiger charge is -2.35. The van der Waals surface area contributed by atoms with Crippen molar-refractivity contribution in [3.63, 3.8) is 0 Å². The number of halogens is 1. The van der Waals surface area contributed by atoms with Gasteiger partial charge in [0.2, 0.25) is 5.95 Å². The van der Waals surface area contributed by atoms with Crippen LogP contribution in [0.25, 0.3) is 0 Å². The third kappa shape index (κ3) is 3.07. The van der Waals surface area contributed by atoms with Gasteiger partial charge in [0.15, 0.2) is 0 Å². The molecule has 1 aliphatic heterocycles. The molecule has 8 nitrogen and oxygen atoms in total. The van der Waals surface area contributed by atoms with Crippen molar-refractivity contribution < 1.29 is 0 Å². The van der Waals surface area contributed by atoms with Gasteiger partial charge in [0.05, 0.1) is 16.4 Å². The summed E-state index contributed by atoms with van der Waals surface area (Å²) in [5.74, 6) is 0.762. The molecule has 9 heteroatoms. The van der Waals surface area contributed by atoms with Crippen LogP contribution in [-0.2, 0) is 6.54 Å². The van der Waals surface area contributed by atoms with Crippen LogP contribution in [0.5, 0.6) is 0 Å². The number of nitrogens with zero attached hydrogens (tertiary/aromatic N) is 4. The molecule has 4 N–H and O–H groups in total. The molecule has 3 heterocycles. The van der Waals surface area contributed by atoms with Crippen LogP contribution in [0.3, 0.4) is 0 Å². The van der Waals surface area contributed by atoms with Crippen molar-refractivity contribution in [1.82, 2.24) is 25.1 Å². The van der Waals surface area contributed by atoms with E-state index in [2.05, 4.69) is 30.0 Å². The van der Waals surface area contributed by atoms with Crippen LogP contribution in [0.4, 0.5) is 11.8 Å². The summed E-state index contributed by atoms with van der Waals surface area (Å²) in [4.78, 5) is 22.4. The number of aromatic nitrogens is 4. The molecule has 0 aromatic carbocycles. The largest absolute Gasteiger partial charge is 0.369 e. The first-order valence-electron chi connectivity index (χ1n) is 7.06. The molecule has 2 aromatic heterocycles. The van der Waals surface area contributed by atoms with Crippen molar-refractivity contribution >= 4 is 23.4 Å². The Balaban J connectivity index is 1.62. The normalized spacial score (nSPS) is 16.2. The maximum atomic E-state index is 11.5. The van der Waals surface area contributed by atoms with Gasteiger partial charge in [-0.2, -0.15) is 10.1 Å². The maximum absolute atomic E-state index is 11.5. The Bertz CT molecular complexity index is 717. The summed E-state index contributed by atoms with van der Waals surface area (Å²) >= 11 is 6.19. The molecule has 22 heavy (non-hydrogen) atoms. The third-order valence-corrected chi connectivity index (χ3v) is 4.26. The van der Waals surface area contributed by atoms with Gasteiger partial charge >= 0.3 is 0 Å². The van der Waals surface area contributed by atoms with Crippen LogP contribution >= 0.6 is 11.6 Å². The zero-order chi connectivity index (χ0) is 15.7. The van der Waals surface area contributed by atoms with E-state index in [9.17, 15) is 4.79 Å². The van der Waals surface area contributed by atoms with E-state index in [0.717, 1.165) is 37.6 Å². The Hall–Kier alpha value is -2.06. The Kier molecular flexibility index (Phi) is 4.04. The van der Waals surface area contributed by atoms with Crippen LogP contribution in [0, 0.1) is 6.92 Å². The minimum Gasteiger partial charge on any atom is -0.369 e. The molecule has 0 spiro atoms. The van der Waals surface area contributed by atoms with Crippen molar-refractivity contribution in [1.29, 1.82) is 0 Å². The standard InChI is InChI=1S/C13H18ClN7O/c1-8-12(14)9(19-18-8)7-20-2-4-21(5-3-20)10-6-11(22)17-13(15)16-10/h6H,2-5,7H2,1H3,(H,18,19)(H3,15,16,17,22). The second kappa shape index (κ2) is 5.98. The van der Waals surface area contributed by atoms with Crippen LogP contribution in [0.1, 0.15) is 11.4 Å². The predicted octanol–water partition coefficient (Wildman–Crippen LogP) is 0.359. The van der Waals surface area contributed by atoms with E-state index >= 15 is 0 Å². The molecule has 0 saturated carbocycles. The van der Waals surface area contributed by atoms with E-state index in [-0.39, 0.29) is 11.5 Å². The fourth-order valence-corrected chi connectivity index (χ4v) is 2.69. The number of rotatable bonds is 3. The van der Waals surface area contributed by atoms with Gasteiger partial charge in [0.1, 0.15) is 5.82 Å². The minimum absolute atomic E-state index is 0.142. The molecule has 2 aromatic rings. The fraction of sp³-hybridized carbons (Fsp3) is 0.462. The smallest absolute Gasteiger partial charge is 0.254 e. The Morgan fingerprint density at radius 3 is 2.68 bits per heavy atom. The second-order valence-electron chi connectivity index (χ2n) is 5.36. The molecule has 0 amide bonds. The average Bonchev–Trinajstić information content (AvgIpc) is 2.79. The molecule has 0 atom stereocenters. The van der Waals surface area contributed by atoms with Gasteiger partial charge in [0, 0.05) is 38.8 Å². The van der Waals surface area contributed by atoms with Gasteiger partial charge < -0.3 is 10.6 Å². The number of hydrogen-bond donors (Lipinski definition) is 3. The van der Waals surface area contributed by atoms with E-state index < -0.39 is 0 Å². The Labute approximate surface area is 132 Å². The highest BCUT2D eigenvalue weighted by atomic mass is 35.5. The molecule has 1 fully saturated rings. The summed E-state index contributed by atoms with van der Waals surface area (Å²) in [6, 6.07) is 1.47. The lowest BCUT2D eigenvalue weighted by Crippen LogP contribution is -2.46. The lowest BCUT2D eigenvalue weighted by molar-refractivity contribution is 0.246. The minimum atomic E-state index is -0.233. The monoisotopic (exact) mass is 323 g/mol.